The molecule has 0 aliphatic rings. The number of carbonyl (C=O) groups is 2. The van der Waals surface area contributed by atoms with E-state index in [9.17, 15) is 22.8 Å². The van der Waals surface area contributed by atoms with E-state index in [4.69, 9.17) is 0 Å². The number of rotatable bonds is 5. The summed E-state index contributed by atoms with van der Waals surface area (Å²) in [6, 6.07) is 0. The molecule has 0 atom stereocenters. The van der Waals surface area contributed by atoms with Crippen molar-refractivity contribution in [2.24, 2.45) is 5.41 Å². The van der Waals surface area contributed by atoms with E-state index in [-0.39, 0.29) is 24.3 Å². The highest BCUT2D eigenvalue weighted by molar-refractivity contribution is 5.82. The summed E-state index contributed by atoms with van der Waals surface area (Å²) < 4.78 is 35.8. The lowest BCUT2D eigenvalue weighted by molar-refractivity contribution is -0.173. The first-order valence-corrected chi connectivity index (χ1v) is 6.39. The van der Waals surface area contributed by atoms with Crippen LogP contribution >= 0.6 is 0 Å². The minimum atomic E-state index is -4.91. The van der Waals surface area contributed by atoms with Crippen molar-refractivity contribution in [2.75, 3.05) is 6.54 Å². The average molecular weight is 296 g/mol. The Morgan fingerprint density at radius 1 is 1.00 bits per heavy atom. The maximum atomic E-state index is 11.9. The molecule has 0 aliphatic heterocycles. The van der Waals surface area contributed by atoms with Gasteiger partial charge < -0.3 is 10.6 Å². The molecule has 0 spiro atoms. The molecule has 2 N–H and O–H groups in total. The van der Waals surface area contributed by atoms with E-state index in [2.05, 4.69) is 5.32 Å². The van der Waals surface area contributed by atoms with E-state index >= 15 is 0 Å². The first-order chi connectivity index (χ1) is 8.73. The van der Waals surface area contributed by atoms with Crippen molar-refractivity contribution in [3.05, 3.63) is 0 Å². The molecule has 118 valence electrons. The molecule has 0 aromatic heterocycles. The number of hydrogen-bond donors (Lipinski definition) is 2. The molecular formula is C13H23F3N2O2. The fraction of sp³-hybridized carbons (Fsp3) is 0.846. The van der Waals surface area contributed by atoms with Gasteiger partial charge in [0.05, 0.1) is 0 Å². The molecule has 0 fully saturated rings. The Hall–Kier alpha value is -1.27. The number of alkyl halides is 3. The molecule has 0 aliphatic carbocycles. The third-order valence-electron chi connectivity index (χ3n) is 2.35. The zero-order valence-electron chi connectivity index (χ0n) is 12.6. The zero-order valence-corrected chi connectivity index (χ0v) is 12.6. The first kappa shape index (κ1) is 18.7. The maximum absolute atomic E-state index is 11.9. The van der Waals surface area contributed by atoms with E-state index < -0.39 is 17.6 Å². The fourth-order valence-electron chi connectivity index (χ4n) is 2.20. The monoisotopic (exact) mass is 296 g/mol. The van der Waals surface area contributed by atoms with E-state index in [1.807, 2.05) is 34.6 Å². The van der Waals surface area contributed by atoms with Gasteiger partial charge in [0.2, 0.25) is 5.91 Å². The third kappa shape index (κ3) is 8.77. The minimum Gasteiger partial charge on any atom is -0.351 e. The van der Waals surface area contributed by atoms with E-state index in [0.717, 1.165) is 6.42 Å². The van der Waals surface area contributed by atoms with Gasteiger partial charge in [-0.2, -0.15) is 13.2 Å². The van der Waals surface area contributed by atoms with Gasteiger partial charge in [-0.3, -0.25) is 9.59 Å². The molecule has 0 heterocycles. The molecular weight excluding hydrogens is 273 g/mol. The van der Waals surface area contributed by atoms with E-state index in [1.165, 1.54) is 0 Å². The van der Waals surface area contributed by atoms with Crippen molar-refractivity contribution in [3.8, 4) is 0 Å². The largest absolute Gasteiger partial charge is 0.471 e. The third-order valence-corrected chi connectivity index (χ3v) is 2.35. The van der Waals surface area contributed by atoms with Gasteiger partial charge >= 0.3 is 12.1 Å². The summed E-state index contributed by atoms with van der Waals surface area (Å²) >= 11 is 0. The van der Waals surface area contributed by atoms with Crippen LogP contribution in [0.15, 0.2) is 0 Å². The van der Waals surface area contributed by atoms with Crippen LogP contribution < -0.4 is 10.6 Å². The van der Waals surface area contributed by atoms with Gasteiger partial charge in [-0.15, -0.1) is 0 Å². The quantitative estimate of drug-likeness (QED) is 0.818. The highest BCUT2D eigenvalue weighted by atomic mass is 19.4. The standard InChI is InChI=1S/C13H23F3N2O2/c1-11(2,3)8-12(4,5)18-9(19)6-7-17-10(20)13(14,15)16/h6-8H2,1-5H3,(H,17,20)(H,18,19). The lowest BCUT2D eigenvalue weighted by atomic mass is 9.82. The van der Waals surface area contributed by atoms with E-state index in [0.29, 0.717) is 0 Å². The van der Waals surface area contributed by atoms with Crippen LogP contribution in [-0.4, -0.2) is 30.1 Å². The molecule has 0 aromatic carbocycles. The van der Waals surface area contributed by atoms with Crippen molar-refractivity contribution < 1.29 is 22.8 Å². The summed E-state index contributed by atoms with van der Waals surface area (Å²) in [4.78, 5) is 22.2. The highest BCUT2D eigenvalue weighted by Crippen LogP contribution is 2.26. The predicted molar refractivity (Wildman–Crippen MR) is 70.0 cm³/mol. The Labute approximate surface area is 117 Å². The molecule has 0 bridgehead atoms. The molecule has 0 rings (SSSR count). The summed E-state index contributed by atoms with van der Waals surface area (Å²) in [5.74, 6) is -2.42. The number of hydrogen-bond acceptors (Lipinski definition) is 2. The molecule has 0 saturated heterocycles. The number of amides is 2. The van der Waals surface area contributed by atoms with Crippen LogP contribution in [0.5, 0.6) is 0 Å². The van der Waals surface area contributed by atoms with Gasteiger partial charge in [0, 0.05) is 18.5 Å². The molecule has 7 heteroatoms. The molecule has 0 aromatic rings. The summed E-state index contributed by atoms with van der Waals surface area (Å²) in [6.07, 6.45) is -4.38. The Morgan fingerprint density at radius 3 is 1.90 bits per heavy atom. The normalized spacial score (nSPS) is 13.0. The van der Waals surface area contributed by atoms with Gasteiger partial charge in [-0.1, -0.05) is 20.8 Å². The zero-order chi connectivity index (χ0) is 16.2. The van der Waals surface area contributed by atoms with Crippen LogP contribution in [0.25, 0.3) is 0 Å². The van der Waals surface area contributed by atoms with Crippen molar-refractivity contribution >= 4 is 11.8 Å². The summed E-state index contributed by atoms with van der Waals surface area (Å²) in [5, 5.41) is 4.42. The van der Waals surface area contributed by atoms with E-state index in [1.54, 1.807) is 5.32 Å². The van der Waals surface area contributed by atoms with Gasteiger partial charge in [-0.25, -0.2) is 0 Å². The molecule has 0 saturated carbocycles. The van der Waals surface area contributed by atoms with Crippen molar-refractivity contribution in [1.82, 2.24) is 10.6 Å². The smallest absolute Gasteiger partial charge is 0.351 e. The summed E-state index contributed by atoms with van der Waals surface area (Å²) in [6.45, 7) is 9.46. The van der Waals surface area contributed by atoms with Crippen molar-refractivity contribution in [3.63, 3.8) is 0 Å². The van der Waals surface area contributed by atoms with Crippen LogP contribution in [0.1, 0.15) is 47.5 Å². The number of nitrogens with one attached hydrogen (secondary N) is 2. The number of halogens is 3. The molecule has 0 radical (unpaired) electrons. The van der Waals surface area contributed by atoms with Gasteiger partial charge in [0.15, 0.2) is 0 Å². The first-order valence-electron chi connectivity index (χ1n) is 6.39. The second kappa shape index (κ2) is 6.45. The Morgan fingerprint density at radius 2 is 1.50 bits per heavy atom. The SMILES string of the molecule is CC(C)(C)CC(C)(C)NC(=O)CCNC(=O)C(F)(F)F. The maximum Gasteiger partial charge on any atom is 0.471 e. The summed E-state index contributed by atoms with van der Waals surface area (Å²) in [7, 11) is 0. The lowest BCUT2D eigenvalue weighted by Crippen LogP contribution is -2.47. The molecule has 4 nitrogen and oxygen atoms in total. The molecule has 2 amide bonds. The Bertz CT molecular complexity index is 358. The van der Waals surface area contributed by atoms with Crippen molar-refractivity contribution in [2.45, 2.75) is 59.2 Å². The second-order valence-electron chi connectivity index (χ2n) is 6.67. The lowest BCUT2D eigenvalue weighted by Gasteiger charge is -2.33. The van der Waals surface area contributed by atoms with Crippen LogP contribution in [0.3, 0.4) is 0 Å². The van der Waals surface area contributed by atoms with Gasteiger partial charge in [-0.05, 0) is 25.7 Å². The Balaban J connectivity index is 4.16. The van der Waals surface area contributed by atoms with Crippen LogP contribution in [0, 0.1) is 5.41 Å². The highest BCUT2D eigenvalue weighted by Gasteiger charge is 2.38. The van der Waals surface area contributed by atoms with Crippen molar-refractivity contribution in [1.29, 1.82) is 0 Å². The van der Waals surface area contributed by atoms with Crippen LogP contribution in [0.4, 0.5) is 13.2 Å². The van der Waals surface area contributed by atoms with Gasteiger partial charge in [0.25, 0.3) is 0 Å². The topological polar surface area (TPSA) is 58.2 Å². The van der Waals surface area contributed by atoms with Crippen LogP contribution in [-0.2, 0) is 9.59 Å². The number of carbonyl (C=O) groups excluding carboxylic acids is 2. The van der Waals surface area contributed by atoms with Crippen LogP contribution in [0.2, 0.25) is 0 Å². The van der Waals surface area contributed by atoms with Gasteiger partial charge in [0.1, 0.15) is 0 Å². The molecule has 20 heavy (non-hydrogen) atoms. The second-order valence-corrected chi connectivity index (χ2v) is 6.67. The summed E-state index contributed by atoms with van der Waals surface area (Å²) in [5.41, 5.74) is -0.440. The predicted octanol–water partition coefficient (Wildman–Crippen LogP) is 2.39. The fourth-order valence-corrected chi connectivity index (χ4v) is 2.20. The average Bonchev–Trinajstić information content (AvgIpc) is 2.10. The minimum absolute atomic E-state index is 0.0152. The molecule has 0 unspecified atom stereocenters. The Kier molecular flexibility index (Phi) is 6.04.